The normalized spacial score (nSPS) is 13.1. The molecule has 0 aliphatic heterocycles. The Morgan fingerprint density at radius 1 is 0.971 bits per heavy atom. The van der Waals surface area contributed by atoms with Crippen LogP contribution in [0.15, 0.2) is 48.5 Å². The Balaban J connectivity index is 2.43. The SMILES string of the molecule is CC[C@H](C(=O)N[C@@H](C)CC)N(Cc1ccccc1)C(=O)CN(c1ccc(C)c(C)c1)S(C)(=O)=O. The van der Waals surface area contributed by atoms with Gasteiger partial charge in [0.25, 0.3) is 0 Å². The molecule has 0 aliphatic carbocycles. The third-order valence-electron chi connectivity index (χ3n) is 6.04. The number of aryl methyl sites for hydroxylation is 2. The van der Waals surface area contributed by atoms with E-state index in [9.17, 15) is 18.0 Å². The molecule has 0 unspecified atom stereocenters. The predicted molar refractivity (Wildman–Crippen MR) is 137 cm³/mol. The van der Waals surface area contributed by atoms with Crippen LogP contribution < -0.4 is 9.62 Å². The molecule has 2 aromatic rings. The van der Waals surface area contributed by atoms with Gasteiger partial charge in [-0.1, -0.05) is 50.2 Å². The number of hydrogen-bond acceptors (Lipinski definition) is 4. The zero-order valence-electron chi connectivity index (χ0n) is 21.0. The molecule has 0 aliphatic rings. The highest BCUT2D eigenvalue weighted by molar-refractivity contribution is 7.92. The minimum atomic E-state index is -3.74. The maximum atomic E-state index is 13.6. The van der Waals surface area contributed by atoms with Crippen molar-refractivity contribution in [2.75, 3.05) is 17.1 Å². The van der Waals surface area contributed by atoms with E-state index >= 15 is 0 Å². The Morgan fingerprint density at radius 2 is 1.62 bits per heavy atom. The van der Waals surface area contributed by atoms with Crippen molar-refractivity contribution in [3.8, 4) is 0 Å². The number of nitrogens with one attached hydrogen (secondary N) is 1. The Morgan fingerprint density at radius 3 is 2.15 bits per heavy atom. The molecule has 0 aromatic heterocycles. The van der Waals surface area contributed by atoms with Crippen LogP contribution in [0.4, 0.5) is 5.69 Å². The van der Waals surface area contributed by atoms with E-state index in [1.54, 1.807) is 12.1 Å². The standard InChI is InChI=1S/C26H37N3O4S/c1-7-21(5)27-26(31)24(8-2)28(17-22-12-10-9-11-13-22)25(30)18-29(34(6,32)33)23-15-14-19(3)20(4)16-23/h9-16,21,24H,7-8,17-18H2,1-6H3,(H,27,31)/t21-,24+/m0/s1. The van der Waals surface area contributed by atoms with Crippen LogP contribution in [0.5, 0.6) is 0 Å². The average molecular weight is 488 g/mol. The number of hydrogen-bond donors (Lipinski definition) is 1. The summed E-state index contributed by atoms with van der Waals surface area (Å²) in [5.74, 6) is -0.670. The fourth-order valence-corrected chi connectivity index (χ4v) is 4.48. The van der Waals surface area contributed by atoms with Gasteiger partial charge in [-0.25, -0.2) is 8.42 Å². The van der Waals surface area contributed by atoms with Crippen LogP contribution in [0.3, 0.4) is 0 Å². The van der Waals surface area contributed by atoms with E-state index in [0.717, 1.165) is 33.7 Å². The van der Waals surface area contributed by atoms with Crippen molar-refractivity contribution in [3.05, 3.63) is 65.2 Å². The second-order valence-corrected chi connectivity index (χ2v) is 10.7. The van der Waals surface area contributed by atoms with Crippen LogP contribution in [-0.2, 0) is 26.2 Å². The number of amides is 2. The molecular weight excluding hydrogens is 450 g/mol. The van der Waals surface area contributed by atoms with Gasteiger partial charge in [-0.3, -0.25) is 13.9 Å². The fraction of sp³-hybridized carbons (Fsp3) is 0.462. The van der Waals surface area contributed by atoms with Gasteiger partial charge in [0.2, 0.25) is 21.8 Å². The Kier molecular flexibility index (Phi) is 9.67. The highest BCUT2D eigenvalue weighted by Crippen LogP contribution is 2.22. The molecule has 0 fully saturated rings. The third-order valence-corrected chi connectivity index (χ3v) is 7.18. The third kappa shape index (κ3) is 7.32. The lowest BCUT2D eigenvalue weighted by molar-refractivity contribution is -0.140. The zero-order chi connectivity index (χ0) is 25.5. The van der Waals surface area contributed by atoms with Crippen LogP contribution >= 0.6 is 0 Å². The topological polar surface area (TPSA) is 86.8 Å². The van der Waals surface area contributed by atoms with Gasteiger partial charge in [0.05, 0.1) is 11.9 Å². The van der Waals surface area contributed by atoms with E-state index < -0.39 is 22.0 Å². The first-order chi connectivity index (χ1) is 16.0. The van der Waals surface area contributed by atoms with Gasteiger partial charge < -0.3 is 10.2 Å². The second kappa shape index (κ2) is 12.0. The Bertz CT molecular complexity index is 1090. The van der Waals surface area contributed by atoms with Gasteiger partial charge in [0.15, 0.2) is 0 Å². The monoisotopic (exact) mass is 487 g/mol. The highest BCUT2D eigenvalue weighted by Gasteiger charge is 2.32. The maximum absolute atomic E-state index is 13.6. The van der Waals surface area contributed by atoms with Gasteiger partial charge in [0.1, 0.15) is 12.6 Å². The molecule has 0 radical (unpaired) electrons. The number of sulfonamides is 1. The molecule has 0 saturated heterocycles. The molecule has 1 N–H and O–H groups in total. The number of benzene rings is 2. The maximum Gasteiger partial charge on any atom is 0.244 e. The summed E-state index contributed by atoms with van der Waals surface area (Å²) in [4.78, 5) is 28.2. The number of anilines is 1. The van der Waals surface area contributed by atoms with E-state index in [-0.39, 0.29) is 25.0 Å². The largest absolute Gasteiger partial charge is 0.352 e. The van der Waals surface area contributed by atoms with E-state index in [1.807, 2.05) is 71.0 Å². The summed E-state index contributed by atoms with van der Waals surface area (Å²) in [6.45, 7) is 9.40. The lowest BCUT2D eigenvalue weighted by Crippen LogP contribution is -2.53. The first-order valence-corrected chi connectivity index (χ1v) is 13.5. The minimum absolute atomic E-state index is 0.0294. The molecule has 186 valence electrons. The van der Waals surface area contributed by atoms with Crippen molar-refractivity contribution in [1.82, 2.24) is 10.2 Å². The summed E-state index contributed by atoms with van der Waals surface area (Å²) in [7, 11) is -3.74. The first kappa shape index (κ1) is 27.4. The van der Waals surface area contributed by atoms with Crippen LogP contribution in [-0.4, -0.2) is 50.0 Å². The molecule has 0 bridgehead atoms. The Hall–Kier alpha value is -2.87. The minimum Gasteiger partial charge on any atom is -0.352 e. The summed E-state index contributed by atoms with van der Waals surface area (Å²) in [5.41, 5.74) is 3.25. The van der Waals surface area contributed by atoms with Gasteiger partial charge in [-0.15, -0.1) is 0 Å². The van der Waals surface area contributed by atoms with E-state index in [2.05, 4.69) is 5.32 Å². The zero-order valence-corrected chi connectivity index (χ0v) is 21.9. The molecule has 34 heavy (non-hydrogen) atoms. The van der Waals surface area contributed by atoms with E-state index in [1.165, 1.54) is 4.90 Å². The Labute approximate surface area is 204 Å². The summed E-state index contributed by atoms with van der Waals surface area (Å²) >= 11 is 0. The van der Waals surface area contributed by atoms with Crippen LogP contribution in [0, 0.1) is 13.8 Å². The van der Waals surface area contributed by atoms with Crippen molar-refractivity contribution in [3.63, 3.8) is 0 Å². The lowest BCUT2D eigenvalue weighted by atomic mass is 10.1. The number of carbonyl (C=O) groups is 2. The molecule has 0 spiro atoms. The van der Waals surface area contributed by atoms with Gasteiger partial charge in [0, 0.05) is 12.6 Å². The highest BCUT2D eigenvalue weighted by atomic mass is 32.2. The van der Waals surface area contributed by atoms with Gasteiger partial charge >= 0.3 is 0 Å². The molecule has 8 heteroatoms. The predicted octanol–water partition coefficient (Wildman–Crippen LogP) is 3.79. The fourth-order valence-electron chi connectivity index (χ4n) is 3.64. The molecule has 2 aromatic carbocycles. The number of carbonyl (C=O) groups excluding carboxylic acids is 2. The van der Waals surface area contributed by atoms with Crippen molar-refractivity contribution in [2.24, 2.45) is 0 Å². The number of rotatable bonds is 11. The molecule has 7 nitrogen and oxygen atoms in total. The van der Waals surface area contributed by atoms with Crippen LogP contribution in [0.2, 0.25) is 0 Å². The lowest BCUT2D eigenvalue weighted by Gasteiger charge is -2.33. The van der Waals surface area contributed by atoms with Crippen LogP contribution in [0.25, 0.3) is 0 Å². The summed E-state index contributed by atoms with van der Waals surface area (Å²) in [6, 6.07) is 13.9. The van der Waals surface area contributed by atoms with Gasteiger partial charge in [-0.05, 0) is 62.4 Å². The van der Waals surface area contributed by atoms with E-state index in [0.29, 0.717) is 12.1 Å². The quantitative estimate of drug-likeness (QED) is 0.522. The molecule has 2 amide bonds. The summed E-state index contributed by atoms with van der Waals surface area (Å²) in [6.07, 6.45) is 2.26. The number of nitrogens with zero attached hydrogens (tertiary/aromatic N) is 2. The van der Waals surface area contributed by atoms with E-state index in [4.69, 9.17) is 0 Å². The van der Waals surface area contributed by atoms with Crippen LogP contribution in [0.1, 0.15) is 50.3 Å². The molecule has 2 rings (SSSR count). The smallest absolute Gasteiger partial charge is 0.244 e. The first-order valence-electron chi connectivity index (χ1n) is 11.7. The molecule has 0 heterocycles. The van der Waals surface area contributed by atoms with Crippen molar-refractivity contribution in [1.29, 1.82) is 0 Å². The van der Waals surface area contributed by atoms with Crippen molar-refractivity contribution < 1.29 is 18.0 Å². The molecule has 2 atom stereocenters. The average Bonchev–Trinajstić information content (AvgIpc) is 2.78. The summed E-state index contributed by atoms with van der Waals surface area (Å²) < 4.78 is 26.5. The second-order valence-electron chi connectivity index (χ2n) is 8.79. The molecule has 0 saturated carbocycles. The van der Waals surface area contributed by atoms with Gasteiger partial charge in [-0.2, -0.15) is 0 Å². The van der Waals surface area contributed by atoms with Crippen molar-refractivity contribution in [2.45, 2.75) is 66.1 Å². The summed E-state index contributed by atoms with van der Waals surface area (Å²) in [5, 5.41) is 2.97. The molecular formula is C26H37N3O4S. The van der Waals surface area contributed by atoms with Crippen molar-refractivity contribution >= 4 is 27.5 Å².